The molecule has 1 atom stereocenters. The minimum atomic E-state index is -0.370. The molecule has 0 N–H and O–H groups in total. The average Bonchev–Trinajstić information content (AvgIpc) is 2.86. The largest absolute Gasteiger partial charge is 0.351 e. The highest BCUT2D eigenvalue weighted by Crippen LogP contribution is 2.22. The first kappa shape index (κ1) is 30.1. The fourth-order valence-electron chi connectivity index (χ4n) is 2.57. The third-order valence-corrected chi connectivity index (χ3v) is 6.23. The van der Waals surface area contributed by atoms with E-state index in [0.717, 1.165) is 29.5 Å². The Hall–Kier alpha value is -1.86. The Morgan fingerprint density at radius 1 is 1.31 bits per heavy atom. The summed E-state index contributed by atoms with van der Waals surface area (Å²) in [4.78, 5) is 17.3. The maximum absolute atomic E-state index is 11.2. The summed E-state index contributed by atoms with van der Waals surface area (Å²) in [5.74, 6) is -0.370. The summed E-state index contributed by atoms with van der Waals surface area (Å²) in [6.45, 7) is 18.2. The van der Waals surface area contributed by atoms with Gasteiger partial charge in [0, 0.05) is 44.7 Å². The van der Waals surface area contributed by atoms with E-state index in [2.05, 4.69) is 68.1 Å². The summed E-state index contributed by atoms with van der Waals surface area (Å²) in [5, 5.41) is 0.988. The van der Waals surface area contributed by atoms with Crippen LogP contribution in [0.15, 0.2) is 35.3 Å². The van der Waals surface area contributed by atoms with Gasteiger partial charge in [-0.15, -0.1) is 6.58 Å². The Kier molecular flexibility index (Phi) is 14.9. The molecule has 0 spiro atoms. The topological polar surface area (TPSA) is 44.6 Å². The molecule has 1 rings (SSSR count). The van der Waals surface area contributed by atoms with Gasteiger partial charge in [0.05, 0.1) is 11.2 Å². The third kappa shape index (κ3) is 12.2. The second-order valence-corrected chi connectivity index (χ2v) is 9.46. The Bertz CT molecular complexity index is 755. The van der Waals surface area contributed by atoms with E-state index in [1.807, 2.05) is 30.6 Å². The van der Waals surface area contributed by atoms with Gasteiger partial charge in [-0.25, -0.2) is 9.97 Å². The van der Waals surface area contributed by atoms with E-state index in [4.69, 9.17) is 4.98 Å². The van der Waals surface area contributed by atoms with Crippen LogP contribution in [0.1, 0.15) is 65.3 Å². The molecular weight excluding hydrogens is 421 g/mol. The van der Waals surface area contributed by atoms with Crippen LogP contribution >= 0.6 is 11.3 Å². The van der Waals surface area contributed by atoms with Gasteiger partial charge in [-0.1, -0.05) is 44.6 Å². The van der Waals surface area contributed by atoms with Crippen LogP contribution in [0, 0.1) is 6.92 Å². The fraction of sp³-hybridized carbons (Fsp3) is 0.640. The van der Waals surface area contributed by atoms with Crippen LogP contribution < -0.4 is 4.90 Å². The Balaban J connectivity index is 0.00000172. The molecule has 0 bridgehead atoms. The molecule has 0 amide bonds. The van der Waals surface area contributed by atoms with Gasteiger partial charge in [-0.3, -0.25) is 4.99 Å². The van der Waals surface area contributed by atoms with E-state index in [-0.39, 0.29) is 11.4 Å². The number of anilines is 1. The van der Waals surface area contributed by atoms with E-state index in [1.165, 1.54) is 33.4 Å². The van der Waals surface area contributed by atoms with Crippen molar-refractivity contribution < 1.29 is 4.39 Å². The maximum Gasteiger partial charge on any atom is 0.186 e. The fourth-order valence-corrected chi connectivity index (χ4v) is 3.30. The highest BCUT2D eigenvalue weighted by Gasteiger charge is 2.16. The molecule has 0 fully saturated rings. The predicted molar refractivity (Wildman–Crippen MR) is 141 cm³/mol. The van der Waals surface area contributed by atoms with Crippen molar-refractivity contribution in [3.63, 3.8) is 0 Å². The molecule has 1 unspecified atom stereocenters. The Morgan fingerprint density at radius 3 is 2.47 bits per heavy atom. The summed E-state index contributed by atoms with van der Waals surface area (Å²) in [6, 6.07) is 4.65. The SMILES string of the molecule is C=CC(C)(C)c1ccc(C)nc(N(C)CCC(C)N(C)CCCC)scn1.CN=C(C)F. The first-order chi connectivity index (χ1) is 15.0. The Labute approximate surface area is 199 Å². The summed E-state index contributed by atoms with van der Waals surface area (Å²) in [5.41, 5.74) is 3.72. The molecule has 0 aliphatic heterocycles. The van der Waals surface area contributed by atoms with Crippen LogP contribution in [0.3, 0.4) is 0 Å². The Morgan fingerprint density at radius 2 is 1.94 bits per heavy atom. The number of aromatic nitrogens is 2. The van der Waals surface area contributed by atoms with Crippen LogP contribution in [-0.4, -0.2) is 61.1 Å². The summed E-state index contributed by atoms with van der Waals surface area (Å²) < 4.78 is 11.2. The number of halogens is 1. The number of rotatable bonds is 10. The molecule has 1 aromatic heterocycles. The first-order valence-electron chi connectivity index (χ1n) is 11.3. The second kappa shape index (κ2) is 15.9. The zero-order valence-corrected chi connectivity index (χ0v) is 22.5. The number of nitrogens with zero attached hydrogens (tertiary/aromatic N) is 5. The van der Waals surface area contributed by atoms with Crippen LogP contribution in [0.5, 0.6) is 0 Å². The van der Waals surface area contributed by atoms with Crippen molar-refractivity contribution in [2.24, 2.45) is 4.99 Å². The zero-order valence-electron chi connectivity index (χ0n) is 21.7. The number of allylic oxidation sites excluding steroid dienone is 1. The highest BCUT2D eigenvalue weighted by atomic mass is 32.1. The second-order valence-electron chi connectivity index (χ2n) is 8.65. The molecule has 32 heavy (non-hydrogen) atoms. The first-order valence-corrected chi connectivity index (χ1v) is 12.2. The van der Waals surface area contributed by atoms with Crippen LogP contribution in [-0.2, 0) is 5.41 Å². The van der Waals surface area contributed by atoms with E-state index < -0.39 is 0 Å². The molecule has 0 aliphatic rings. The predicted octanol–water partition coefficient (Wildman–Crippen LogP) is 6.39. The van der Waals surface area contributed by atoms with Crippen LogP contribution in [0.25, 0.3) is 0 Å². The number of aryl methyl sites for hydroxylation is 1. The lowest BCUT2D eigenvalue weighted by Crippen LogP contribution is -2.33. The van der Waals surface area contributed by atoms with Crippen molar-refractivity contribution in [3.8, 4) is 0 Å². The third-order valence-electron chi connectivity index (χ3n) is 5.41. The lowest BCUT2D eigenvalue weighted by molar-refractivity contribution is 0.244. The van der Waals surface area contributed by atoms with E-state index >= 15 is 0 Å². The molecule has 7 heteroatoms. The zero-order chi connectivity index (χ0) is 24.7. The summed E-state index contributed by atoms with van der Waals surface area (Å²) >= 11 is 1.58. The minimum absolute atomic E-state index is 0.164. The van der Waals surface area contributed by atoms with E-state index in [1.54, 1.807) is 11.3 Å². The summed E-state index contributed by atoms with van der Waals surface area (Å²) in [6.07, 6.45) is 5.56. The number of hydrogen-bond donors (Lipinski definition) is 0. The van der Waals surface area contributed by atoms with Gasteiger partial charge in [0.15, 0.2) is 11.1 Å². The van der Waals surface area contributed by atoms with Crippen LogP contribution in [0.2, 0.25) is 0 Å². The number of unbranched alkanes of at least 4 members (excludes halogenated alkanes) is 1. The van der Waals surface area contributed by atoms with E-state index in [9.17, 15) is 4.39 Å². The molecule has 0 saturated heterocycles. The highest BCUT2D eigenvalue weighted by molar-refractivity contribution is 7.13. The van der Waals surface area contributed by atoms with Gasteiger partial charge in [0.2, 0.25) is 0 Å². The van der Waals surface area contributed by atoms with Crippen molar-refractivity contribution in [2.45, 2.75) is 72.3 Å². The van der Waals surface area contributed by atoms with Crippen molar-refractivity contribution in [2.75, 3.05) is 39.1 Å². The number of hydrogen-bond acceptors (Lipinski definition) is 6. The average molecular weight is 466 g/mol. The van der Waals surface area contributed by atoms with Crippen molar-refractivity contribution in [1.29, 1.82) is 0 Å². The lowest BCUT2D eigenvalue weighted by Gasteiger charge is -2.26. The molecule has 182 valence electrons. The van der Waals surface area contributed by atoms with Gasteiger partial charge in [0.1, 0.15) is 0 Å². The van der Waals surface area contributed by atoms with Gasteiger partial charge in [-0.2, -0.15) is 4.39 Å². The van der Waals surface area contributed by atoms with E-state index in [0.29, 0.717) is 6.04 Å². The molecule has 0 radical (unpaired) electrons. The maximum atomic E-state index is 11.2. The summed E-state index contributed by atoms with van der Waals surface area (Å²) in [7, 11) is 5.75. The molecule has 1 aromatic rings. The quantitative estimate of drug-likeness (QED) is 0.297. The number of aliphatic imine (C=N–C) groups is 1. The lowest BCUT2D eigenvalue weighted by atomic mass is 9.89. The van der Waals surface area contributed by atoms with Gasteiger partial charge < -0.3 is 9.80 Å². The van der Waals surface area contributed by atoms with Gasteiger partial charge in [0.25, 0.3) is 0 Å². The molecule has 1 heterocycles. The molecule has 0 saturated carbocycles. The molecular formula is C25H44FN5S. The van der Waals surface area contributed by atoms with Crippen molar-refractivity contribution in [3.05, 3.63) is 41.7 Å². The normalized spacial score (nSPS) is 12.5. The molecule has 0 aromatic carbocycles. The standard InChI is InChI=1S/C22H38N4S.C3H6FN/c1-9-11-15-25(7)19(4)14-16-26(8)21-24-18(3)12-13-20(23-17-27-21)22(5,6)10-2;1-3(4)5-2/h10,12-13,17,19H,2,9,11,14-16H2,1,3-8H3;1-2H3. The molecule has 0 aliphatic carbocycles. The van der Waals surface area contributed by atoms with Crippen molar-refractivity contribution in [1.82, 2.24) is 14.9 Å². The molecule has 5 nitrogen and oxygen atoms in total. The van der Waals surface area contributed by atoms with Gasteiger partial charge in [-0.05, 0) is 52.4 Å². The smallest absolute Gasteiger partial charge is 0.186 e. The monoisotopic (exact) mass is 465 g/mol. The minimum Gasteiger partial charge on any atom is -0.351 e. The van der Waals surface area contributed by atoms with Crippen LogP contribution in [0.4, 0.5) is 9.52 Å². The van der Waals surface area contributed by atoms with Crippen molar-refractivity contribution >= 4 is 22.4 Å². The van der Waals surface area contributed by atoms with Gasteiger partial charge >= 0.3 is 0 Å².